The van der Waals surface area contributed by atoms with Gasteiger partial charge >= 0.3 is 0 Å². The van der Waals surface area contributed by atoms with Crippen LogP contribution in [0.1, 0.15) is 22.5 Å². The number of carbonyl (C=O) groups excluding carboxylic acids is 2. The topological polar surface area (TPSA) is 107 Å². The Bertz CT molecular complexity index is 1300. The molecule has 0 unspecified atom stereocenters. The van der Waals surface area contributed by atoms with Crippen LogP contribution in [0.2, 0.25) is 0 Å². The average molecular weight is 522 g/mol. The van der Waals surface area contributed by atoms with Gasteiger partial charge in [0.05, 0.1) is 26.5 Å². The molecule has 3 aromatic rings. The van der Waals surface area contributed by atoms with E-state index in [9.17, 15) is 9.59 Å². The number of nitrogens with zero attached hydrogens (tertiary/aromatic N) is 3. The van der Waals surface area contributed by atoms with Crippen LogP contribution in [-0.4, -0.2) is 46.6 Å². The number of ether oxygens (including phenoxy) is 2. The van der Waals surface area contributed by atoms with Crippen molar-refractivity contribution < 1.29 is 19.1 Å². The maximum Gasteiger partial charge on any atom is 0.244 e. The highest BCUT2D eigenvalue weighted by Gasteiger charge is 2.14. The Kier molecular flexibility index (Phi) is 9.91. The summed E-state index contributed by atoms with van der Waals surface area (Å²) >= 11 is 1.27. The van der Waals surface area contributed by atoms with Crippen LogP contribution in [0.25, 0.3) is 6.08 Å². The van der Waals surface area contributed by atoms with Gasteiger partial charge in [-0.25, -0.2) is 0 Å². The molecule has 0 aliphatic heterocycles. The van der Waals surface area contributed by atoms with E-state index in [0.717, 1.165) is 22.4 Å². The lowest BCUT2D eigenvalue weighted by Crippen LogP contribution is -2.23. The Hall–Kier alpha value is -4.05. The maximum atomic E-state index is 12.5. The van der Waals surface area contributed by atoms with Crippen molar-refractivity contribution in [1.82, 2.24) is 20.1 Å². The molecule has 0 bridgehead atoms. The third-order valence-electron chi connectivity index (χ3n) is 5.35. The van der Waals surface area contributed by atoms with Gasteiger partial charge in [0.1, 0.15) is 0 Å². The fraction of sp³-hybridized carbons (Fsp3) is 0.259. The minimum absolute atomic E-state index is 0.139. The second-order valence-electron chi connectivity index (χ2n) is 8.12. The molecule has 0 radical (unpaired) electrons. The second-order valence-corrected chi connectivity index (χ2v) is 9.06. The van der Waals surface area contributed by atoms with E-state index in [1.165, 1.54) is 17.8 Å². The van der Waals surface area contributed by atoms with Crippen molar-refractivity contribution in [3.8, 4) is 11.5 Å². The Labute approximate surface area is 221 Å². The third kappa shape index (κ3) is 7.71. The summed E-state index contributed by atoms with van der Waals surface area (Å²) in [5.41, 5.74) is 3.72. The summed E-state index contributed by atoms with van der Waals surface area (Å²) in [7, 11) is 3.12. The van der Waals surface area contributed by atoms with E-state index in [4.69, 9.17) is 9.47 Å². The number of benzene rings is 2. The number of rotatable bonds is 12. The average Bonchev–Trinajstić information content (AvgIpc) is 3.27. The highest BCUT2D eigenvalue weighted by Crippen LogP contribution is 2.28. The SMILES string of the molecule is C=CCn1c(CNC(=O)/C=C/c2ccc(OC)c(OC)c2)nnc1SCC(=O)Nc1ccc(C)cc1C. The van der Waals surface area contributed by atoms with Crippen molar-refractivity contribution in [1.29, 1.82) is 0 Å². The molecule has 2 N–H and O–H groups in total. The molecule has 0 aliphatic rings. The van der Waals surface area contributed by atoms with E-state index < -0.39 is 0 Å². The summed E-state index contributed by atoms with van der Waals surface area (Å²) in [4.78, 5) is 24.9. The van der Waals surface area contributed by atoms with Gasteiger partial charge in [0.25, 0.3) is 0 Å². The normalized spacial score (nSPS) is 10.8. The molecule has 37 heavy (non-hydrogen) atoms. The van der Waals surface area contributed by atoms with Gasteiger partial charge in [-0.1, -0.05) is 41.6 Å². The zero-order valence-corrected chi connectivity index (χ0v) is 22.2. The Morgan fingerprint density at radius 3 is 2.57 bits per heavy atom. The van der Waals surface area contributed by atoms with Crippen molar-refractivity contribution in [3.05, 3.63) is 77.6 Å². The van der Waals surface area contributed by atoms with Gasteiger partial charge in [-0.3, -0.25) is 9.59 Å². The predicted molar refractivity (Wildman–Crippen MR) is 146 cm³/mol. The first-order valence-electron chi connectivity index (χ1n) is 11.6. The van der Waals surface area contributed by atoms with E-state index in [0.29, 0.717) is 29.0 Å². The number of hydrogen-bond acceptors (Lipinski definition) is 7. The number of allylic oxidation sites excluding steroid dienone is 1. The van der Waals surface area contributed by atoms with E-state index >= 15 is 0 Å². The first kappa shape index (κ1) is 27.5. The summed E-state index contributed by atoms with van der Waals surface area (Å²) in [6.45, 7) is 8.37. The third-order valence-corrected chi connectivity index (χ3v) is 6.32. The number of carbonyl (C=O) groups is 2. The number of anilines is 1. The summed E-state index contributed by atoms with van der Waals surface area (Å²) in [5.74, 6) is 1.50. The largest absolute Gasteiger partial charge is 0.493 e. The molecule has 0 fully saturated rings. The van der Waals surface area contributed by atoms with E-state index in [-0.39, 0.29) is 24.1 Å². The minimum Gasteiger partial charge on any atom is -0.493 e. The number of aryl methyl sites for hydroxylation is 2. The molecule has 9 nitrogen and oxygen atoms in total. The van der Waals surface area contributed by atoms with Gasteiger partial charge < -0.3 is 24.7 Å². The van der Waals surface area contributed by atoms with E-state index in [1.807, 2.05) is 42.7 Å². The number of nitrogens with one attached hydrogen (secondary N) is 2. The molecule has 2 amide bonds. The second kappa shape index (κ2) is 13.3. The van der Waals surface area contributed by atoms with Crippen molar-refractivity contribution >= 4 is 35.3 Å². The van der Waals surface area contributed by atoms with Crippen LogP contribution >= 0.6 is 11.8 Å². The highest BCUT2D eigenvalue weighted by molar-refractivity contribution is 7.99. The van der Waals surface area contributed by atoms with Crippen LogP contribution in [0, 0.1) is 13.8 Å². The molecular weight excluding hydrogens is 490 g/mol. The van der Waals surface area contributed by atoms with Crippen LogP contribution in [0.4, 0.5) is 5.69 Å². The molecular formula is C27H31N5O4S. The Balaban J connectivity index is 1.58. The molecule has 0 saturated heterocycles. The highest BCUT2D eigenvalue weighted by atomic mass is 32.2. The van der Waals surface area contributed by atoms with Crippen molar-refractivity contribution in [3.63, 3.8) is 0 Å². The van der Waals surface area contributed by atoms with E-state index in [1.54, 1.807) is 38.5 Å². The van der Waals surface area contributed by atoms with Gasteiger partial charge in [0.15, 0.2) is 22.5 Å². The standard InChI is InChI=1S/C27H31N5O4S/c1-6-13-32-24(16-28-25(33)12-9-20-8-11-22(35-4)23(15-20)36-5)30-31-27(32)37-17-26(34)29-21-10-7-18(2)14-19(21)3/h6-12,14-15H,1,13,16-17H2,2-5H3,(H,28,33)(H,29,34)/b12-9+. The number of amides is 2. The molecule has 10 heteroatoms. The molecule has 0 atom stereocenters. The fourth-order valence-electron chi connectivity index (χ4n) is 3.49. The number of thioether (sulfide) groups is 1. The lowest BCUT2D eigenvalue weighted by atomic mass is 10.1. The summed E-state index contributed by atoms with van der Waals surface area (Å²) in [6, 6.07) is 11.3. The minimum atomic E-state index is -0.287. The van der Waals surface area contributed by atoms with Crippen LogP contribution in [0.15, 0.2) is 60.3 Å². The molecule has 194 valence electrons. The maximum absolute atomic E-state index is 12.5. The first-order valence-corrected chi connectivity index (χ1v) is 12.5. The Morgan fingerprint density at radius 1 is 1.08 bits per heavy atom. The number of methoxy groups -OCH3 is 2. The molecule has 0 spiro atoms. The van der Waals surface area contributed by atoms with Crippen molar-refractivity contribution in [2.45, 2.75) is 32.1 Å². The van der Waals surface area contributed by atoms with Crippen LogP contribution in [0.3, 0.4) is 0 Å². The quantitative estimate of drug-likeness (QED) is 0.209. The number of hydrogen-bond donors (Lipinski definition) is 2. The fourth-order valence-corrected chi connectivity index (χ4v) is 4.26. The summed E-state index contributed by atoms with van der Waals surface area (Å²) < 4.78 is 12.3. The van der Waals surface area contributed by atoms with Crippen LogP contribution in [0.5, 0.6) is 11.5 Å². The molecule has 0 aliphatic carbocycles. The lowest BCUT2D eigenvalue weighted by Gasteiger charge is -2.10. The molecule has 2 aromatic carbocycles. The predicted octanol–water partition coefficient (Wildman–Crippen LogP) is 4.16. The van der Waals surface area contributed by atoms with Crippen molar-refractivity contribution in [2.24, 2.45) is 0 Å². The molecule has 0 saturated carbocycles. The van der Waals surface area contributed by atoms with Gasteiger partial charge in [-0.2, -0.15) is 0 Å². The van der Waals surface area contributed by atoms with Crippen LogP contribution < -0.4 is 20.1 Å². The summed E-state index contributed by atoms with van der Waals surface area (Å²) in [5, 5.41) is 14.7. The molecule has 3 rings (SSSR count). The molecule has 1 aromatic heterocycles. The van der Waals surface area contributed by atoms with Gasteiger partial charge in [0.2, 0.25) is 11.8 Å². The van der Waals surface area contributed by atoms with Crippen LogP contribution in [-0.2, 0) is 22.7 Å². The first-order chi connectivity index (χ1) is 17.8. The van der Waals surface area contributed by atoms with Gasteiger partial charge in [-0.05, 0) is 49.2 Å². The monoisotopic (exact) mass is 521 g/mol. The number of aromatic nitrogens is 3. The Morgan fingerprint density at radius 2 is 1.86 bits per heavy atom. The summed E-state index contributed by atoms with van der Waals surface area (Å²) in [6.07, 6.45) is 4.83. The lowest BCUT2D eigenvalue weighted by molar-refractivity contribution is -0.116. The smallest absolute Gasteiger partial charge is 0.244 e. The van der Waals surface area contributed by atoms with Gasteiger partial charge in [0, 0.05) is 18.3 Å². The zero-order valence-electron chi connectivity index (χ0n) is 21.4. The zero-order chi connectivity index (χ0) is 26.8. The van der Waals surface area contributed by atoms with E-state index in [2.05, 4.69) is 27.4 Å². The van der Waals surface area contributed by atoms with Gasteiger partial charge in [-0.15, -0.1) is 16.8 Å². The van der Waals surface area contributed by atoms with Crippen molar-refractivity contribution in [2.75, 3.05) is 25.3 Å². The molecule has 1 heterocycles.